The standard InChI is InChI=1S/C11H18N4/c1-2-3-10-8-11(14-9-13-10)15-6-4-12-5-7-15/h8-9,12H,2-7H2,1H3. The summed E-state index contributed by atoms with van der Waals surface area (Å²) in [4.78, 5) is 10.9. The van der Waals surface area contributed by atoms with Crippen molar-refractivity contribution < 1.29 is 0 Å². The maximum atomic E-state index is 4.33. The van der Waals surface area contributed by atoms with Crippen molar-refractivity contribution in [3.05, 3.63) is 18.1 Å². The highest BCUT2D eigenvalue weighted by Gasteiger charge is 2.11. The van der Waals surface area contributed by atoms with Gasteiger partial charge in [-0.1, -0.05) is 13.3 Å². The number of aromatic nitrogens is 2. The van der Waals surface area contributed by atoms with Crippen LogP contribution < -0.4 is 10.2 Å². The Hall–Kier alpha value is -1.16. The monoisotopic (exact) mass is 206 g/mol. The number of nitrogens with one attached hydrogen (secondary N) is 1. The molecule has 1 aromatic rings. The van der Waals surface area contributed by atoms with Gasteiger partial charge in [0.2, 0.25) is 0 Å². The van der Waals surface area contributed by atoms with Crippen molar-refractivity contribution in [2.24, 2.45) is 0 Å². The van der Waals surface area contributed by atoms with Crippen LogP contribution in [0.2, 0.25) is 0 Å². The van der Waals surface area contributed by atoms with Crippen LogP contribution in [0.5, 0.6) is 0 Å². The number of nitrogens with zero attached hydrogens (tertiary/aromatic N) is 3. The van der Waals surface area contributed by atoms with Crippen molar-refractivity contribution in [3.8, 4) is 0 Å². The number of hydrogen-bond acceptors (Lipinski definition) is 4. The lowest BCUT2D eigenvalue weighted by Crippen LogP contribution is -2.43. The van der Waals surface area contributed by atoms with E-state index in [1.807, 2.05) is 0 Å². The summed E-state index contributed by atoms with van der Waals surface area (Å²) in [5.74, 6) is 1.08. The Bertz CT molecular complexity index is 307. The molecule has 2 heterocycles. The Labute approximate surface area is 90.7 Å². The quantitative estimate of drug-likeness (QED) is 0.795. The number of aryl methyl sites for hydroxylation is 1. The van der Waals surface area contributed by atoms with Gasteiger partial charge in [0.15, 0.2) is 0 Å². The van der Waals surface area contributed by atoms with E-state index in [0.29, 0.717) is 0 Å². The van der Waals surface area contributed by atoms with E-state index < -0.39 is 0 Å². The highest BCUT2D eigenvalue weighted by Crippen LogP contribution is 2.12. The third-order valence-electron chi connectivity index (χ3n) is 2.66. The van der Waals surface area contributed by atoms with Crippen LogP contribution in [0.3, 0.4) is 0 Å². The zero-order chi connectivity index (χ0) is 10.5. The van der Waals surface area contributed by atoms with Crippen molar-refractivity contribution in [2.45, 2.75) is 19.8 Å². The first kappa shape index (κ1) is 10.4. The Kier molecular flexibility index (Phi) is 3.50. The fourth-order valence-corrected chi connectivity index (χ4v) is 1.85. The van der Waals surface area contributed by atoms with Gasteiger partial charge in [-0.05, 0) is 6.42 Å². The highest BCUT2D eigenvalue weighted by atomic mass is 15.2. The predicted octanol–water partition coefficient (Wildman–Crippen LogP) is 0.839. The smallest absolute Gasteiger partial charge is 0.132 e. The molecular formula is C11H18N4. The van der Waals surface area contributed by atoms with Gasteiger partial charge in [-0.25, -0.2) is 9.97 Å². The van der Waals surface area contributed by atoms with Gasteiger partial charge < -0.3 is 10.2 Å². The molecule has 4 heteroatoms. The van der Waals surface area contributed by atoms with E-state index in [1.165, 1.54) is 0 Å². The van der Waals surface area contributed by atoms with Gasteiger partial charge in [-0.15, -0.1) is 0 Å². The molecule has 1 aliphatic rings. The second-order valence-corrected chi connectivity index (χ2v) is 3.85. The predicted molar refractivity (Wildman–Crippen MR) is 61.1 cm³/mol. The van der Waals surface area contributed by atoms with E-state index in [-0.39, 0.29) is 0 Å². The lowest BCUT2D eigenvalue weighted by Gasteiger charge is -2.28. The average molecular weight is 206 g/mol. The summed E-state index contributed by atoms with van der Waals surface area (Å²) < 4.78 is 0. The summed E-state index contributed by atoms with van der Waals surface area (Å²) >= 11 is 0. The van der Waals surface area contributed by atoms with Crippen LogP contribution in [0.25, 0.3) is 0 Å². The fourth-order valence-electron chi connectivity index (χ4n) is 1.85. The fraction of sp³-hybridized carbons (Fsp3) is 0.636. The molecule has 1 aromatic heterocycles. The summed E-state index contributed by atoms with van der Waals surface area (Å²) in [6.07, 6.45) is 3.86. The molecule has 0 amide bonds. The minimum absolute atomic E-state index is 1.04. The maximum Gasteiger partial charge on any atom is 0.132 e. The molecule has 1 saturated heterocycles. The van der Waals surface area contributed by atoms with Gasteiger partial charge in [0, 0.05) is 37.9 Å². The van der Waals surface area contributed by atoms with Gasteiger partial charge in [0.25, 0.3) is 0 Å². The van der Waals surface area contributed by atoms with Crippen molar-refractivity contribution in [3.63, 3.8) is 0 Å². The van der Waals surface area contributed by atoms with Crippen LogP contribution in [0.4, 0.5) is 5.82 Å². The Morgan fingerprint density at radius 3 is 2.87 bits per heavy atom. The van der Waals surface area contributed by atoms with Crippen molar-refractivity contribution >= 4 is 5.82 Å². The van der Waals surface area contributed by atoms with Crippen LogP contribution >= 0.6 is 0 Å². The second kappa shape index (κ2) is 5.07. The first-order valence-electron chi connectivity index (χ1n) is 5.66. The third kappa shape index (κ3) is 2.65. The molecular weight excluding hydrogens is 188 g/mol. The Morgan fingerprint density at radius 1 is 1.33 bits per heavy atom. The number of hydrogen-bond donors (Lipinski definition) is 1. The zero-order valence-electron chi connectivity index (χ0n) is 9.24. The van der Waals surface area contributed by atoms with Gasteiger partial charge >= 0.3 is 0 Å². The molecule has 4 nitrogen and oxygen atoms in total. The lowest BCUT2D eigenvalue weighted by atomic mass is 10.2. The van der Waals surface area contributed by atoms with Crippen molar-refractivity contribution in [1.29, 1.82) is 0 Å². The van der Waals surface area contributed by atoms with E-state index in [1.54, 1.807) is 6.33 Å². The van der Waals surface area contributed by atoms with Crippen LogP contribution in [0.1, 0.15) is 19.0 Å². The molecule has 1 N–H and O–H groups in total. The molecule has 1 fully saturated rings. The molecule has 15 heavy (non-hydrogen) atoms. The zero-order valence-corrected chi connectivity index (χ0v) is 9.24. The average Bonchev–Trinajstić information content (AvgIpc) is 2.31. The number of piperazine rings is 1. The molecule has 0 atom stereocenters. The second-order valence-electron chi connectivity index (χ2n) is 3.85. The van der Waals surface area contributed by atoms with Gasteiger partial charge in [-0.3, -0.25) is 0 Å². The van der Waals surface area contributed by atoms with E-state index in [0.717, 1.165) is 50.5 Å². The Balaban J connectivity index is 2.09. The minimum atomic E-state index is 1.04. The van der Waals surface area contributed by atoms with E-state index in [9.17, 15) is 0 Å². The normalized spacial score (nSPS) is 16.7. The van der Waals surface area contributed by atoms with Gasteiger partial charge in [0.1, 0.15) is 12.1 Å². The van der Waals surface area contributed by atoms with Gasteiger partial charge in [-0.2, -0.15) is 0 Å². The summed E-state index contributed by atoms with van der Waals surface area (Å²) in [5, 5.41) is 3.34. The third-order valence-corrected chi connectivity index (χ3v) is 2.66. The SMILES string of the molecule is CCCc1cc(N2CCNCC2)ncn1. The molecule has 2 rings (SSSR count). The number of anilines is 1. The first-order chi connectivity index (χ1) is 7.40. The molecule has 0 saturated carbocycles. The minimum Gasteiger partial charge on any atom is -0.354 e. The van der Waals surface area contributed by atoms with Crippen LogP contribution in [-0.2, 0) is 6.42 Å². The van der Waals surface area contributed by atoms with Crippen molar-refractivity contribution in [1.82, 2.24) is 15.3 Å². The molecule has 82 valence electrons. The lowest BCUT2D eigenvalue weighted by molar-refractivity contribution is 0.584. The molecule has 0 unspecified atom stereocenters. The molecule has 0 aliphatic carbocycles. The molecule has 0 aromatic carbocycles. The topological polar surface area (TPSA) is 41.0 Å². The molecule has 0 bridgehead atoms. The van der Waals surface area contributed by atoms with Crippen LogP contribution in [0.15, 0.2) is 12.4 Å². The van der Waals surface area contributed by atoms with Crippen LogP contribution in [0, 0.1) is 0 Å². The molecule has 1 aliphatic heterocycles. The summed E-state index contributed by atoms with van der Waals surface area (Å²) in [7, 11) is 0. The van der Waals surface area contributed by atoms with Gasteiger partial charge in [0.05, 0.1) is 0 Å². The van der Waals surface area contributed by atoms with Crippen molar-refractivity contribution in [2.75, 3.05) is 31.1 Å². The van der Waals surface area contributed by atoms with E-state index in [4.69, 9.17) is 0 Å². The summed E-state index contributed by atoms with van der Waals surface area (Å²) in [6, 6.07) is 2.12. The highest BCUT2D eigenvalue weighted by molar-refractivity contribution is 5.39. The van der Waals surface area contributed by atoms with E-state index >= 15 is 0 Å². The summed E-state index contributed by atoms with van der Waals surface area (Å²) in [5.41, 5.74) is 1.15. The molecule has 0 spiro atoms. The molecule has 0 radical (unpaired) electrons. The maximum absolute atomic E-state index is 4.33. The van der Waals surface area contributed by atoms with E-state index in [2.05, 4.69) is 33.2 Å². The largest absolute Gasteiger partial charge is 0.354 e. The van der Waals surface area contributed by atoms with Crippen LogP contribution in [-0.4, -0.2) is 36.1 Å². The number of rotatable bonds is 3. The summed E-state index contributed by atoms with van der Waals surface area (Å²) in [6.45, 7) is 6.36. The Morgan fingerprint density at radius 2 is 2.13 bits per heavy atom. The first-order valence-corrected chi connectivity index (χ1v) is 5.66.